The van der Waals surface area contributed by atoms with Crippen LogP contribution in [0.4, 0.5) is 5.82 Å². The molecule has 0 unspecified atom stereocenters. The van der Waals surface area contributed by atoms with E-state index in [1.807, 2.05) is 12.3 Å². The molecule has 0 aromatic carbocycles. The van der Waals surface area contributed by atoms with Crippen LogP contribution in [0.1, 0.15) is 46.4 Å². The number of rotatable bonds is 1. The van der Waals surface area contributed by atoms with Crippen LogP contribution in [-0.4, -0.2) is 26.4 Å². The van der Waals surface area contributed by atoms with Crippen LogP contribution in [0.15, 0.2) is 30.6 Å². The molecule has 0 bridgehead atoms. The van der Waals surface area contributed by atoms with Gasteiger partial charge >= 0.3 is 0 Å². The van der Waals surface area contributed by atoms with E-state index in [-0.39, 0.29) is 11.4 Å². The minimum atomic E-state index is -0.0145. The summed E-state index contributed by atoms with van der Waals surface area (Å²) < 4.78 is 0. The van der Waals surface area contributed by atoms with E-state index in [1.54, 1.807) is 12.3 Å². The Bertz CT molecular complexity index is 1120. The van der Waals surface area contributed by atoms with Crippen LogP contribution < -0.4 is 11.1 Å². The molecule has 1 spiro atoms. The Morgan fingerprint density at radius 1 is 1.11 bits per heavy atom. The van der Waals surface area contributed by atoms with Gasteiger partial charge in [-0.05, 0) is 61.4 Å². The number of hydrogen-bond acceptors (Lipinski definition) is 4. The quantitative estimate of drug-likeness (QED) is 0.612. The van der Waals surface area contributed by atoms with Crippen molar-refractivity contribution in [1.29, 1.82) is 0 Å². The molecule has 1 fully saturated rings. The van der Waals surface area contributed by atoms with Gasteiger partial charge in [-0.15, -0.1) is 0 Å². The Morgan fingerprint density at radius 2 is 2.00 bits per heavy atom. The lowest BCUT2D eigenvalue weighted by Gasteiger charge is -2.45. The van der Waals surface area contributed by atoms with Crippen LogP contribution in [0.25, 0.3) is 22.5 Å². The molecular weight excluding hydrogens is 350 g/mol. The van der Waals surface area contributed by atoms with Crippen molar-refractivity contribution in [3.63, 3.8) is 0 Å². The maximum absolute atomic E-state index is 12.9. The van der Waals surface area contributed by atoms with Gasteiger partial charge in [0.15, 0.2) is 0 Å². The van der Waals surface area contributed by atoms with E-state index < -0.39 is 0 Å². The highest BCUT2D eigenvalue weighted by molar-refractivity contribution is 6.01. The van der Waals surface area contributed by atoms with Gasteiger partial charge in [0.2, 0.25) is 0 Å². The molecule has 3 aromatic heterocycles. The van der Waals surface area contributed by atoms with Gasteiger partial charge < -0.3 is 16.0 Å². The summed E-state index contributed by atoms with van der Waals surface area (Å²) in [5.41, 5.74) is 14.1. The minimum absolute atomic E-state index is 0.0145. The first kappa shape index (κ1) is 15.9. The summed E-state index contributed by atoms with van der Waals surface area (Å²) in [4.78, 5) is 25.3. The maximum atomic E-state index is 12.9. The summed E-state index contributed by atoms with van der Waals surface area (Å²) in [5, 5.41) is 3.30. The van der Waals surface area contributed by atoms with Gasteiger partial charge in [-0.3, -0.25) is 9.78 Å². The SMILES string of the molecule is Nc1ccc(-c2cc3c(cn2)CCc2c-3[nH]c3c2C(=O)NC2(CCC2)C3)cn1. The van der Waals surface area contributed by atoms with E-state index >= 15 is 0 Å². The van der Waals surface area contributed by atoms with Crippen molar-refractivity contribution in [3.8, 4) is 22.5 Å². The second-order valence-corrected chi connectivity index (χ2v) is 8.30. The van der Waals surface area contributed by atoms with E-state index in [1.165, 1.54) is 12.0 Å². The molecule has 1 saturated carbocycles. The first-order valence-corrected chi connectivity index (χ1v) is 9.89. The zero-order valence-corrected chi connectivity index (χ0v) is 15.5. The number of nitrogen functional groups attached to an aromatic ring is 1. The number of fused-ring (bicyclic) bond motifs is 5. The number of pyridine rings is 2. The van der Waals surface area contributed by atoms with Gasteiger partial charge in [0.25, 0.3) is 5.91 Å². The summed E-state index contributed by atoms with van der Waals surface area (Å²) in [5.74, 6) is 0.593. The normalized spacial score (nSPS) is 18.6. The van der Waals surface area contributed by atoms with Gasteiger partial charge in [-0.25, -0.2) is 4.98 Å². The number of nitrogens with zero attached hydrogens (tertiary/aromatic N) is 2. The molecule has 28 heavy (non-hydrogen) atoms. The van der Waals surface area contributed by atoms with Crippen LogP contribution in [0.5, 0.6) is 0 Å². The second kappa shape index (κ2) is 5.44. The molecule has 6 rings (SSSR count). The lowest BCUT2D eigenvalue weighted by molar-refractivity contribution is 0.0793. The predicted molar refractivity (Wildman–Crippen MR) is 107 cm³/mol. The number of carbonyl (C=O) groups excluding carboxylic acids is 1. The summed E-state index contributed by atoms with van der Waals surface area (Å²) in [6.07, 6.45) is 9.75. The fourth-order valence-corrected chi connectivity index (χ4v) is 4.96. The number of anilines is 1. The standard InChI is InChI=1S/C22H21N5O/c23-18-5-3-13(11-25-18)16-8-15-12(10-24-16)2-4-14-19-17(26-20(14)15)9-22(6-1-7-22)27-21(19)28/h3,5,8,10-11,26H,1-2,4,6-7,9H2,(H2,23,25)(H,27,28). The number of aromatic amines is 1. The maximum Gasteiger partial charge on any atom is 0.253 e. The van der Waals surface area contributed by atoms with Crippen molar-refractivity contribution < 1.29 is 4.79 Å². The summed E-state index contributed by atoms with van der Waals surface area (Å²) >= 11 is 0. The van der Waals surface area contributed by atoms with Gasteiger partial charge in [0, 0.05) is 41.2 Å². The average Bonchev–Trinajstić information content (AvgIpc) is 3.06. The van der Waals surface area contributed by atoms with Crippen molar-refractivity contribution >= 4 is 11.7 Å². The first-order chi connectivity index (χ1) is 13.6. The van der Waals surface area contributed by atoms with E-state index in [4.69, 9.17) is 5.73 Å². The van der Waals surface area contributed by atoms with Crippen molar-refractivity contribution in [2.45, 2.75) is 44.1 Å². The van der Waals surface area contributed by atoms with Gasteiger partial charge in [0.1, 0.15) is 5.82 Å². The number of hydrogen-bond donors (Lipinski definition) is 3. The van der Waals surface area contributed by atoms with Crippen molar-refractivity contribution in [2.75, 3.05) is 5.73 Å². The molecule has 1 amide bonds. The minimum Gasteiger partial charge on any atom is -0.384 e. The van der Waals surface area contributed by atoms with Gasteiger partial charge in [-0.1, -0.05) is 0 Å². The highest BCUT2D eigenvalue weighted by atomic mass is 16.2. The van der Waals surface area contributed by atoms with E-state index in [2.05, 4.69) is 26.3 Å². The number of carbonyl (C=O) groups is 1. The molecule has 0 radical (unpaired) electrons. The Morgan fingerprint density at radius 3 is 2.75 bits per heavy atom. The molecule has 0 saturated heterocycles. The van der Waals surface area contributed by atoms with Gasteiger partial charge in [-0.2, -0.15) is 0 Å². The molecule has 6 nitrogen and oxygen atoms in total. The molecule has 0 atom stereocenters. The van der Waals surface area contributed by atoms with E-state index in [0.29, 0.717) is 5.82 Å². The number of aromatic nitrogens is 3. The van der Waals surface area contributed by atoms with Crippen LogP contribution in [0.3, 0.4) is 0 Å². The summed E-state index contributed by atoms with van der Waals surface area (Å²) in [7, 11) is 0. The van der Waals surface area contributed by atoms with E-state index in [0.717, 1.165) is 71.4 Å². The molecule has 140 valence electrons. The third-order valence-electron chi connectivity index (χ3n) is 6.60. The molecule has 3 aliphatic rings. The zero-order valence-electron chi connectivity index (χ0n) is 15.5. The second-order valence-electron chi connectivity index (χ2n) is 8.30. The third kappa shape index (κ3) is 2.17. The molecule has 6 heteroatoms. The Labute approximate surface area is 162 Å². The highest BCUT2D eigenvalue weighted by Crippen LogP contribution is 2.43. The Kier molecular flexibility index (Phi) is 3.08. The third-order valence-corrected chi connectivity index (χ3v) is 6.60. The van der Waals surface area contributed by atoms with Crippen LogP contribution >= 0.6 is 0 Å². The molecule has 4 heterocycles. The Hall–Kier alpha value is -3.15. The molecular formula is C22H21N5O. The molecule has 2 aliphatic carbocycles. The summed E-state index contributed by atoms with van der Waals surface area (Å²) in [6.45, 7) is 0. The van der Waals surface area contributed by atoms with Gasteiger partial charge in [0.05, 0.1) is 17.0 Å². The topological polar surface area (TPSA) is 96.7 Å². The predicted octanol–water partition coefficient (Wildman–Crippen LogP) is 3.03. The molecule has 4 N–H and O–H groups in total. The van der Waals surface area contributed by atoms with E-state index in [9.17, 15) is 4.79 Å². The summed E-state index contributed by atoms with van der Waals surface area (Å²) in [6, 6.07) is 5.84. The monoisotopic (exact) mass is 371 g/mol. The van der Waals surface area contributed by atoms with Crippen LogP contribution in [0.2, 0.25) is 0 Å². The molecule has 1 aliphatic heterocycles. The number of H-pyrrole nitrogens is 1. The number of amides is 1. The average molecular weight is 371 g/mol. The smallest absolute Gasteiger partial charge is 0.253 e. The first-order valence-electron chi connectivity index (χ1n) is 9.89. The van der Waals surface area contributed by atoms with Crippen molar-refractivity contribution in [1.82, 2.24) is 20.3 Å². The Balaban J connectivity index is 1.47. The number of aryl methyl sites for hydroxylation is 1. The highest BCUT2D eigenvalue weighted by Gasteiger charge is 2.45. The number of nitrogens with two attached hydrogens (primary N) is 1. The fraction of sp³-hybridized carbons (Fsp3) is 0.318. The molecule has 3 aromatic rings. The van der Waals surface area contributed by atoms with Crippen LogP contribution in [0, 0.1) is 0 Å². The van der Waals surface area contributed by atoms with Crippen molar-refractivity contribution in [2.24, 2.45) is 0 Å². The zero-order chi connectivity index (χ0) is 18.9. The largest absolute Gasteiger partial charge is 0.384 e. The number of nitrogens with one attached hydrogen (secondary N) is 2. The lowest BCUT2D eigenvalue weighted by Crippen LogP contribution is -2.57. The van der Waals surface area contributed by atoms with Crippen molar-refractivity contribution in [3.05, 3.63) is 53.0 Å². The lowest BCUT2D eigenvalue weighted by atomic mass is 9.71. The fourth-order valence-electron chi connectivity index (χ4n) is 4.96. The van der Waals surface area contributed by atoms with Crippen LogP contribution in [-0.2, 0) is 19.3 Å².